The van der Waals surface area contributed by atoms with Crippen LogP contribution in [-0.4, -0.2) is 42.1 Å². The van der Waals surface area contributed by atoms with Gasteiger partial charge in [0.15, 0.2) is 0 Å². The highest BCUT2D eigenvalue weighted by molar-refractivity contribution is 5.92. The zero-order valence-electron chi connectivity index (χ0n) is 10.6. The van der Waals surface area contributed by atoms with Crippen LogP contribution >= 0.6 is 0 Å². The Bertz CT molecular complexity index is 397. The van der Waals surface area contributed by atoms with Crippen LogP contribution in [0.3, 0.4) is 0 Å². The number of nitrogens with zero attached hydrogens (tertiary/aromatic N) is 2. The molecule has 18 heavy (non-hydrogen) atoms. The number of rotatable bonds is 3. The summed E-state index contributed by atoms with van der Waals surface area (Å²) in [6, 6.07) is 3.59. The summed E-state index contributed by atoms with van der Waals surface area (Å²) in [7, 11) is 1.72. The van der Waals surface area contributed by atoms with Crippen LogP contribution in [0, 0.1) is 0 Å². The van der Waals surface area contributed by atoms with Crippen molar-refractivity contribution in [3.63, 3.8) is 0 Å². The number of piperidine rings is 1. The highest BCUT2D eigenvalue weighted by Gasteiger charge is 2.23. The zero-order valence-corrected chi connectivity index (χ0v) is 10.6. The first-order valence-electron chi connectivity index (χ1n) is 6.21. The van der Waals surface area contributed by atoms with Crippen molar-refractivity contribution in [1.82, 2.24) is 9.88 Å². The van der Waals surface area contributed by atoms with E-state index in [4.69, 9.17) is 10.5 Å². The predicted octanol–water partition coefficient (Wildman–Crippen LogP) is 0.791. The summed E-state index contributed by atoms with van der Waals surface area (Å²) >= 11 is 0. The molecule has 1 aliphatic heterocycles. The third-order valence-corrected chi connectivity index (χ3v) is 3.34. The van der Waals surface area contributed by atoms with Crippen molar-refractivity contribution in [1.29, 1.82) is 0 Å². The molecule has 0 bridgehead atoms. The Balaban J connectivity index is 1.98. The molecule has 5 heteroatoms. The topological polar surface area (TPSA) is 68.5 Å². The maximum absolute atomic E-state index is 12.2. The number of aromatic nitrogens is 1. The highest BCUT2D eigenvalue weighted by Crippen LogP contribution is 2.15. The molecule has 2 heterocycles. The van der Waals surface area contributed by atoms with E-state index in [1.807, 2.05) is 11.0 Å². The van der Waals surface area contributed by atoms with Crippen LogP contribution in [0.1, 0.15) is 28.9 Å². The number of ether oxygens (including phenoxy) is 1. The smallest absolute Gasteiger partial charge is 0.272 e. The number of nitrogens with two attached hydrogens (primary N) is 1. The van der Waals surface area contributed by atoms with Crippen LogP contribution in [0.4, 0.5) is 0 Å². The second kappa shape index (κ2) is 5.93. The fourth-order valence-electron chi connectivity index (χ4n) is 2.13. The number of carbonyl (C=O) groups is 1. The number of amides is 1. The largest absolute Gasteiger partial charge is 0.381 e. The second-order valence-electron chi connectivity index (χ2n) is 4.48. The molecule has 2 N–H and O–H groups in total. The molecular formula is C13H19N3O2. The Morgan fingerprint density at radius 3 is 2.72 bits per heavy atom. The molecule has 1 aromatic heterocycles. The van der Waals surface area contributed by atoms with Crippen molar-refractivity contribution in [3.05, 3.63) is 29.6 Å². The summed E-state index contributed by atoms with van der Waals surface area (Å²) in [4.78, 5) is 18.2. The average molecular weight is 249 g/mol. The number of pyridine rings is 1. The number of carbonyl (C=O) groups excluding carboxylic acids is 1. The van der Waals surface area contributed by atoms with Gasteiger partial charge in [0.1, 0.15) is 5.69 Å². The molecule has 1 amide bonds. The lowest BCUT2D eigenvalue weighted by atomic mass is 10.1. The van der Waals surface area contributed by atoms with E-state index in [2.05, 4.69) is 4.98 Å². The molecule has 0 spiro atoms. The van der Waals surface area contributed by atoms with Crippen molar-refractivity contribution in [2.45, 2.75) is 25.5 Å². The van der Waals surface area contributed by atoms with Crippen LogP contribution in [0.5, 0.6) is 0 Å². The monoisotopic (exact) mass is 249 g/mol. The van der Waals surface area contributed by atoms with Gasteiger partial charge in [-0.2, -0.15) is 0 Å². The summed E-state index contributed by atoms with van der Waals surface area (Å²) < 4.78 is 5.29. The van der Waals surface area contributed by atoms with Gasteiger partial charge < -0.3 is 15.4 Å². The average Bonchev–Trinajstić information content (AvgIpc) is 2.47. The molecule has 0 unspecified atom stereocenters. The SMILES string of the molecule is COC1CCN(C(=O)c2ccc(CN)cn2)CC1. The van der Waals surface area contributed by atoms with Gasteiger partial charge in [0.2, 0.25) is 0 Å². The van der Waals surface area contributed by atoms with Crippen molar-refractivity contribution >= 4 is 5.91 Å². The second-order valence-corrected chi connectivity index (χ2v) is 4.48. The van der Waals surface area contributed by atoms with E-state index in [-0.39, 0.29) is 12.0 Å². The van der Waals surface area contributed by atoms with Gasteiger partial charge in [0, 0.05) is 32.9 Å². The van der Waals surface area contributed by atoms with E-state index in [1.165, 1.54) is 0 Å². The molecule has 0 aromatic carbocycles. The number of methoxy groups -OCH3 is 1. The van der Waals surface area contributed by atoms with Crippen LogP contribution in [0.2, 0.25) is 0 Å². The van der Waals surface area contributed by atoms with E-state index in [0.29, 0.717) is 12.2 Å². The maximum Gasteiger partial charge on any atom is 0.272 e. The molecule has 0 saturated carbocycles. The van der Waals surface area contributed by atoms with E-state index >= 15 is 0 Å². The van der Waals surface area contributed by atoms with E-state index in [1.54, 1.807) is 19.4 Å². The molecule has 1 aromatic rings. The van der Waals surface area contributed by atoms with Gasteiger partial charge in [-0.25, -0.2) is 0 Å². The minimum atomic E-state index is -0.00637. The number of likely N-dealkylation sites (tertiary alicyclic amines) is 1. The van der Waals surface area contributed by atoms with Gasteiger partial charge in [0.25, 0.3) is 5.91 Å². The molecule has 1 fully saturated rings. The molecular weight excluding hydrogens is 230 g/mol. The number of hydrogen-bond donors (Lipinski definition) is 1. The minimum absolute atomic E-state index is 0.00637. The van der Waals surface area contributed by atoms with Crippen molar-refractivity contribution in [2.75, 3.05) is 20.2 Å². The molecule has 0 aliphatic carbocycles. The summed E-state index contributed by atoms with van der Waals surface area (Å²) in [5.74, 6) is -0.00637. The molecule has 98 valence electrons. The molecule has 0 atom stereocenters. The molecule has 1 aliphatic rings. The third kappa shape index (κ3) is 2.86. The highest BCUT2D eigenvalue weighted by atomic mass is 16.5. The van der Waals surface area contributed by atoms with Gasteiger partial charge >= 0.3 is 0 Å². The minimum Gasteiger partial charge on any atom is -0.381 e. The normalized spacial score (nSPS) is 16.9. The third-order valence-electron chi connectivity index (χ3n) is 3.34. The molecule has 1 saturated heterocycles. The first-order valence-corrected chi connectivity index (χ1v) is 6.21. The first kappa shape index (κ1) is 13.0. The fourth-order valence-corrected chi connectivity index (χ4v) is 2.13. The van der Waals surface area contributed by atoms with Crippen LogP contribution in [-0.2, 0) is 11.3 Å². The van der Waals surface area contributed by atoms with E-state index in [0.717, 1.165) is 31.5 Å². The van der Waals surface area contributed by atoms with Crippen LogP contribution in [0.25, 0.3) is 0 Å². The van der Waals surface area contributed by atoms with Gasteiger partial charge in [-0.05, 0) is 24.5 Å². The van der Waals surface area contributed by atoms with Gasteiger partial charge in [-0.1, -0.05) is 6.07 Å². The Labute approximate surface area is 107 Å². The lowest BCUT2D eigenvalue weighted by Crippen LogP contribution is -2.40. The van der Waals surface area contributed by atoms with Crippen molar-refractivity contribution in [3.8, 4) is 0 Å². The van der Waals surface area contributed by atoms with E-state index in [9.17, 15) is 4.79 Å². The quantitative estimate of drug-likeness (QED) is 0.860. The summed E-state index contributed by atoms with van der Waals surface area (Å²) in [6.07, 6.45) is 3.73. The lowest BCUT2D eigenvalue weighted by Gasteiger charge is -2.31. The van der Waals surface area contributed by atoms with Crippen molar-refractivity contribution in [2.24, 2.45) is 5.73 Å². The Morgan fingerprint density at radius 1 is 1.50 bits per heavy atom. The van der Waals surface area contributed by atoms with Crippen LogP contribution in [0.15, 0.2) is 18.3 Å². The standard InChI is InChI=1S/C13H19N3O2/c1-18-11-4-6-16(7-5-11)13(17)12-3-2-10(8-14)9-15-12/h2-3,9,11H,4-8,14H2,1H3. The van der Waals surface area contributed by atoms with Gasteiger partial charge in [0.05, 0.1) is 6.10 Å². The summed E-state index contributed by atoms with van der Waals surface area (Å²) in [5, 5.41) is 0. The Hall–Kier alpha value is -1.46. The maximum atomic E-state index is 12.2. The van der Waals surface area contributed by atoms with Crippen molar-refractivity contribution < 1.29 is 9.53 Å². The Kier molecular flexibility index (Phi) is 4.28. The van der Waals surface area contributed by atoms with E-state index < -0.39 is 0 Å². The number of hydrogen-bond acceptors (Lipinski definition) is 4. The fraction of sp³-hybridized carbons (Fsp3) is 0.538. The van der Waals surface area contributed by atoms with Gasteiger partial charge in [-0.15, -0.1) is 0 Å². The summed E-state index contributed by atoms with van der Waals surface area (Å²) in [5.41, 5.74) is 6.92. The molecule has 0 radical (unpaired) electrons. The van der Waals surface area contributed by atoms with Gasteiger partial charge in [-0.3, -0.25) is 9.78 Å². The zero-order chi connectivity index (χ0) is 13.0. The van der Waals surface area contributed by atoms with Crippen LogP contribution < -0.4 is 5.73 Å². The molecule has 5 nitrogen and oxygen atoms in total. The lowest BCUT2D eigenvalue weighted by molar-refractivity contribution is 0.0347. The Morgan fingerprint density at radius 2 is 2.22 bits per heavy atom. The predicted molar refractivity (Wildman–Crippen MR) is 68.1 cm³/mol. The molecule has 2 rings (SSSR count). The summed E-state index contributed by atoms with van der Waals surface area (Å²) in [6.45, 7) is 1.91. The first-order chi connectivity index (χ1) is 8.74.